The molecule has 0 unspecified atom stereocenters. The highest BCUT2D eigenvalue weighted by atomic mass is 16.4. The van der Waals surface area contributed by atoms with E-state index in [4.69, 9.17) is 9.52 Å². The third-order valence-electron chi connectivity index (χ3n) is 3.76. The zero-order valence-electron chi connectivity index (χ0n) is 11.4. The van der Waals surface area contributed by atoms with Crippen LogP contribution < -0.4 is 0 Å². The molecule has 2 aromatic rings. The van der Waals surface area contributed by atoms with Crippen molar-refractivity contribution in [2.45, 2.75) is 18.9 Å². The van der Waals surface area contributed by atoms with Gasteiger partial charge in [0.05, 0.1) is 17.9 Å². The van der Waals surface area contributed by atoms with Crippen LogP contribution in [0.2, 0.25) is 0 Å². The summed E-state index contributed by atoms with van der Waals surface area (Å²) in [7, 11) is 0. The Hall–Kier alpha value is -2.56. The van der Waals surface area contributed by atoms with E-state index in [9.17, 15) is 9.59 Å². The van der Waals surface area contributed by atoms with E-state index >= 15 is 0 Å². The van der Waals surface area contributed by atoms with E-state index in [-0.39, 0.29) is 17.5 Å². The lowest BCUT2D eigenvalue weighted by atomic mass is 10.1. The minimum Gasteiger partial charge on any atom is -0.478 e. The van der Waals surface area contributed by atoms with Crippen molar-refractivity contribution < 1.29 is 19.1 Å². The first-order valence-electron chi connectivity index (χ1n) is 6.84. The topological polar surface area (TPSA) is 70.8 Å². The Morgan fingerprint density at radius 2 is 1.86 bits per heavy atom. The number of aromatic carboxylic acids is 1. The number of carboxylic acid groups (broad SMARTS) is 1. The lowest BCUT2D eigenvalue weighted by molar-refractivity contribution is 0.0690. The summed E-state index contributed by atoms with van der Waals surface area (Å²) in [5, 5.41) is 8.89. The number of furan rings is 1. The molecule has 0 radical (unpaired) electrons. The van der Waals surface area contributed by atoms with Crippen LogP contribution in [0.25, 0.3) is 0 Å². The molecule has 5 heteroatoms. The molecular weight excluding hydrogens is 270 g/mol. The van der Waals surface area contributed by atoms with Gasteiger partial charge < -0.3 is 14.4 Å². The van der Waals surface area contributed by atoms with Crippen LogP contribution in [0.1, 0.15) is 45.4 Å². The molecule has 1 saturated heterocycles. The molecule has 2 heterocycles. The summed E-state index contributed by atoms with van der Waals surface area (Å²) in [5.74, 6) is -0.294. The van der Waals surface area contributed by atoms with Gasteiger partial charge in [0, 0.05) is 12.1 Å². The average molecular weight is 285 g/mol. The third-order valence-corrected chi connectivity index (χ3v) is 3.76. The molecule has 108 valence electrons. The lowest BCUT2D eigenvalue weighted by Crippen LogP contribution is -2.30. The fraction of sp³-hybridized carbons (Fsp3) is 0.250. The van der Waals surface area contributed by atoms with E-state index in [0.717, 1.165) is 18.6 Å². The summed E-state index contributed by atoms with van der Waals surface area (Å²) >= 11 is 0. The number of carbonyl (C=O) groups excluding carboxylic acids is 1. The van der Waals surface area contributed by atoms with Crippen LogP contribution in [-0.2, 0) is 0 Å². The smallest absolute Gasteiger partial charge is 0.335 e. The molecule has 5 nitrogen and oxygen atoms in total. The van der Waals surface area contributed by atoms with Crippen molar-refractivity contribution in [2.75, 3.05) is 6.54 Å². The zero-order chi connectivity index (χ0) is 14.8. The largest absolute Gasteiger partial charge is 0.478 e. The number of nitrogens with zero attached hydrogens (tertiary/aromatic N) is 1. The maximum Gasteiger partial charge on any atom is 0.335 e. The van der Waals surface area contributed by atoms with E-state index in [1.54, 1.807) is 23.3 Å². The van der Waals surface area contributed by atoms with Gasteiger partial charge >= 0.3 is 5.97 Å². The third kappa shape index (κ3) is 2.54. The quantitative estimate of drug-likeness (QED) is 0.941. The second-order valence-corrected chi connectivity index (χ2v) is 5.05. The number of likely N-dealkylation sites (tertiary alicyclic amines) is 1. The Morgan fingerprint density at radius 1 is 1.14 bits per heavy atom. The van der Waals surface area contributed by atoms with Crippen LogP contribution in [0.3, 0.4) is 0 Å². The van der Waals surface area contributed by atoms with E-state index in [0.29, 0.717) is 12.1 Å². The SMILES string of the molecule is O=C(O)c1ccc(C(=O)N2CCC[C@@H]2c2ccco2)cc1. The van der Waals surface area contributed by atoms with Gasteiger partial charge in [-0.25, -0.2) is 4.79 Å². The fourth-order valence-corrected chi connectivity index (χ4v) is 2.71. The molecule has 1 N–H and O–H groups in total. The van der Waals surface area contributed by atoms with Gasteiger partial charge in [0.2, 0.25) is 0 Å². The van der Waals surface area contributed by atoms with Crippen molar-refractivity contribution in [3.8, 4) is 0 Å². The monoisotopic (exact) mass is 285 g/mol. The number of carbonyl (C=O) groups is 2. The first kappa shape index (κ1) is 13.4. The second kappa shape index (κ2) is 5.44. The Balaban J connectivity index is 1.82. The Labute approximate surface area is 121 Å². The van der Waals surface area contributed by atoms with Crippen LogP contribution in [0.5, 0.6) is 0 Å². The van der Waals surface area contributed by atoms with Gasteiger partial charge in [-0.05, 0) is 49.2 Å². The normalized spacial score (nSPS) is 17.9. The summed E-state index contributed by atoms with van der Waals surface area (Å²) < 4.78 is 5.41. The van der Waals surface area contributed by atoms with Crippen molar-refractivity contribution >= 4 is 11.9 Å². The second-order valence-electron chi connectivity index (χ2n) is 5.05. The van der Waals surface area contributed by atoms with Crippen molar-refractivity contribution in [2.24, 2.45) is 0 Å². The van der Waals surface area contributed by atoms with Crippen LogP contribution in [0.15, 0.2) is 47.1 Å². The highest BCUT2D eigenvalue weighted by molar-refractivity contribution is 5.96. The molecule has 21 heavy (non-hydrogen) atoms. The van der Waals surface area contributed by atoms with Gasteiger partial charge in [-0.1, -0.05) is 0 Å². The molecule has 0 spiro atoms. The molecule has 1 aromatic heterocycles. The number of amides is 1. The van der Waals surface area contributed by atoms with Crippen molar-refractivity contribution in [3.05, 3.63) is 59.5 Å². The van der Waals surface area contributed by atoms with E-state index in [1.165, 1.54) is 12.1 Å². The number of benzene rings is 1. The van der Waals surface area contributed by atoms with Crippen molar-refractivity contribution in [3.63, 3.8) is 0 Å². The maximum atomic E-state index is 12.6. The molecule has 1 aromatic carbocycles. The van der Waals surface area contributed by atoms with Gasteiger partial charge in [0.15, 0.2) is 0 Å². The highest BCUT2D eigenvalue weighted by Crippen LogP contribution is 2.33. The van der Waals surface area contributed by atoms with Gasteiger partial charge in [0.25, 0.3) is 5.91 Å². The average Bonchev–Trinajstić information content (AvgIpc) is 3.17. The highest BCUT2D eigenvalue weighted by Gasteiger charge is 2.32. The standard InChI is InChI=1S/C16H15NO4/c18-15(11-5-7-12(8-6-11)16(19)20)17-9-1-3-13(17)14-4-2-10-21-14/h2,4-8,10,13H,1,3,9H2,(H,19,20)/t13-/m1/s1. The molecule has 0 aliphatic carbocycles. The minimum atomic E-state index is -0.997. The predicted molar refractivity (Wildman–Crippen MR) is 75.1 cm³/mol. The van der Waals surface area contributed by atoms with Crippen LogP contribution in [0.4, 0.5) is 0 Å². The summed E-state index contributed by atoms with van der Waals surface area (Å²) in [4.78, 5) is 25.2. The van der Waals surface area contributed by atoms with Gasteiger partial charge in [-0.3, -0.25) is 4.79 Å². The molecule has 1 aliphatic heterocycles. The van der Waals surface area contributed by atoms with E-state index < -0.39 is 5.97 Å². The van der Waals surface area contributed by atoms with Gasteiger partial charge in [0.1, 0.15) is 5.76 Å². The van der Waals surface area contributed by atoms with Gasteiger partial charge in [-0.15, -0.1) is 0 Å². The predicted octanol–water partition coefficient (Wildman–Crippen LogP) is 2.96. The molecule has 3 rings (SSSR count). The van der Waals surface area contributed by atoms with E-state index in [2.05, 4.69) is 0 Å². The van der Waals surface area contributed by atoms with Crippen molar-refractivity contribution in [1.82, 2.24) is 4.90 Å². The van der Waals surface area contributed by atoms with Crippen LogP contribution >= 0.6 is 0 Å². The molecule has 1 fully saturated rings. The summed E-state index contributed by atoms with van der Waals surface area (Å²) in [6, 6.07) is 9.68. The summed E-state index contributed by atoms with van der Waals surface area (Å²) in [6.07, 6.45) is 3.43. The van der Waals surface area contributed by atoms with E-state index in [1.807, 2.05) is 12.1 Å². The molecule has 0 saturated carbocycles. The number of carboxylic acids is 1. The lowest BCUT2D eigenvalue weighted by Gasteiger charge is -2.23. The van der Waals surface area contributed by atoms with Gasteiger partial charge in [-0.2, -0.15) is 0 Å². The molecule has 1 amide bonds. The minimum absolute atomic E-state index is 0.0355. The van der Waals surface area contributed by atoms with Crippen molar-refractivity contribution in [1.29, 1.82) is 0 Å². The number of hydrogen-bond acceptors (Lipinski definition) is 3. The molecular formula is C16H15NO4. The Morgan fingerprint density at radius 3 is 2.48 bits per heavy atom. The fourth-order valence-electron chi connectivity index (χ4n) is 2.71. The molecule has 1 atom stereocenters. The van der Waals surface area contributed by atoms with Crippen LogP contribution in [-0.4, -0.2) is 28.4 Å². The molecule has 0 bridgehead atoms. The summed E-state index contributed by atoms with van der Waals surface area (Å²) in [6.45, 7) is 0.685. The Kier molecular flexibility index (Phi) is 3.48. The maximum absolute atomic E-state index is 12.6. The first-order valence-corrected chi connectivity index (χ1v) is 6.84. The molecule has 1 aliphatic rings. The number of hydrogen-bond donors (Lipinski definition) is 1. The zero-order valence-corrected chi connectivity index (χ0v) is 11.4. The Bertz CT molecular complexity index is 645. The first-order chi connectivity index (χ1) is 10.2. The summed E-state index contributed by atoms with van der Waals surface area (Å²) in [5.41, 5.74) is 0.675. The number of rotatable bonds is 3. The van der Waals surface area contributed by atoms with Crippen LogP contribution in [0, 0.1) is 0 Å².